The van der Waals surface area contributed by atoms with Crippen molar-refractivity contribution in [1.29, 1.82) is 0 Å². The van der Waals surface area contributed by atoms with Crippen LogP contribution in [0.3, 0.4) is 0 Å². The maximum absolute atomic E-state index is 12.2. The molecule has 1 rings (SSSR count). The predicted octanol–water partition coefficient (Wildman–Crippen LogP) is 1.65. The summed E-state index contributed by atoms with van der Waals surface area (Å²) in [4.78, 5) is 3.64. The maximum Gasteiger partial charge on any atom is 0.492 e. The molecular formula is C9H19BF3N2-. The molecule has 0 saturated carbocycles. The lowest BCUT2D eigenvalue weighted by molar-refractivity contribution is 0.169. The second-order valence-electron chi connectivity index (χ2n) is 4.72. The molecular weight excluding hydrogens is 204 g/mol. The van der Waals surface area contributed by atoms with Crippen LogP contribution in [0.15, 0.2) is 0 Å². The summed E-state index contributed by atoms with van der Waals surface area (Å²) in [7, 11) is 4.01. The number of hydrogen-bond acceptors (Lipinski definition) is 2. The maximum atomic E-state index is 12.2. The Morgan fingerprint density at radius 1 is 1.20 bits per heavy atom. The van der Waals surface area contributed by atoms with Gasteiger partial charge in [0.05, 0.1) is 0 Å². The van der Waals surface area contributed by atoms with E-state index in [0.29, 0.717) is 19.0 Å². The van der Waals surface area contributed by atoms with Crippen molar-refractivity contribution in [3.8, 4) is 0 Å². The molecule has 15 heavy (non-hydrogen) atoms. The lowest BCUT2D eigenvalue weighted by Gasteiger charge is -2.35. The summed E-state index contributed by atoms with van der Waals surface area (Å²) in [6.07, 6.45) is 1.10. The number of hydrogen-bond donors (Lipinski definition) is 0. The monoisotopic (exact) mass is 223 g/mol. The number of likely N-dealkylation sites (tertiary alicyclic amines) is 1. The predicted molar refractivity (Wildman–Crippen MR) is 56.8 cm³/mol. The molecule has 1 aliphatic heterocycles. The van der Waals surface area contributed by atoms with Crippen molar-refractivity contribution >= 4 is 6.98 Å². The summed E-state index contributed by atoms with van der Waals surface area (Å²) in [5.74, 6) is 0.567. The molecule has 0 unspecified atom stereocenters. The number of rotatable bonds is 4. The topological polar surface area (TPSA) is 6.48 Å². The first-order valence-corrected chi connectivity index (χ1v) is 5.45. The number of nitrogens with zero attached hydrogens (tertiary/aromatic N) is 2. The van der Waals surface area contributed by atoms with Crippen molar-refractivity contribution in [2.24, 2.45) is 5.92 Å². The van der Waals surface area contributed by atoms with Gasteiger partial charge in [-0.05, 0) is 52.4 Å². The van der Waals surface area contributed by atoms with Gasteiger partial charge >= 0.3 is 6.98 Å². The Bertz CT molecular complexity index is 188. The molecule has 0 aromatic heterocycles. The van der Waals surface area contributed by atoms with E-state index in [1.807, 2.05) is 14.1 Å². The Kier molecular flexibility index (Phi) is 4.46. The molecule has 1 heterocycles. The van der Waals surface area contributed by atoms with E-state index in [-0.39, 0.29) is 0 Å². The summed E-state index contributed by atoms with van der Waals surface area (Å²) in [6.45, 7) is -2.46. The van der Waals surface area contributed by atoms with Crippen molar-refractivity contribution in [3.63, 3.8) is 0 Å². The molecule has 0 aliphatic carbocycles. The van der Waals surface area contributed by atoms with Gasteiger partial charge in [-0.3, -0.25) is 0 Å². The van der Waals surface area contributed by atoms with Crippen LogP contribution in [-0.4, -0.2) is 57.0 Å². The van der Waals surface area contributed by atoms with Gasteiger partial charge in [0.2, 0.25) is 0 Å². The normalized spacial score (nSPS) is 21.2. The van der Waals surface area contributed by atoms with Gasteiger partial charge in [0.1, 0.15) is 0 Å². The zero-order valence-electron chi connectivity index (χ0n) is 9.43. The number of halogens is 3. The minimum atomic E-state index is -4.65. The van der Waals surface area contributed by atoms with Crippen molar-refractivity contribution in [3.05, 3.63) is 0 Å². The van der Waals surface area contributed by atoms with Crippen LogP contribution in [-0.2, 0) is 0 Å². The first kappa shape index (κ1) is 12.8. The summed E-state index contributed by atoms with van der Waals surface area (Å²) < 4.78 is 36.5. The molecule has 0 N–H and O–H groups in total. The molecule has 1 saturated heterocycles. The Morgan fingerprint density at radius 3 is 2.13 bits per heavy atom. The van der Waals surface area contributed by atoms with Gasteiger partial charge in [0.25, 0.3) is 0 Å². The van der Waals surface area contributed by atoms with E-state index < -0.39 is 13.4 Å². The quantitative estimate of drug-likeness (QED) is 0.668. The fourth-order valence-corrected chi connectivity index (χ4v) is 2.16. The molecule has 1 aliphatic rings. The lowest BCUT2D eigenvalue weighted by Crippen LogP contribution is -2.43. The average molecular weight is 223 g/mol. The zero-order valence-corrected chi connectivity index (χ0v) is 9.43. The van der Waals surface area contributed by atoms with Crippen molar-refractivity contribution in [2.45, 2.75) is 12.8 Å². The van der Waals surface area contributed by atoms with Gasteiger partial charge in [0.15, 0.2) is 0 Å². The number of piperidine rings is 1. The van der Waals surface area contributed by atoms with E-state index in [1.54, 1.807) is 0 Å². The molecule has 0 spiro atoms. The third-order valence-electron chi connectivity index (χ3n) is 2.80. The van der Waals surface area contributed by atoms with E-state index in [9.17, 15) is 12.9 Å². The lowest BCUT2D eigenvalue weighted by atomic mass is 9.88. The molecule has 0 bridgehead atoms. The van der Waals surface area contributed by atoms with E-state index >= 15 is 0 Å². The largest absolute Gasteiger partial charge is 0.492 e. The first-order chi connectivity index (χ1) is 6.87. The molecule has 0 aromatic carbocycles. The minimum absolute atomic E-state index is 0.567. The van der Waals surface area contributed by atoms with Crippen molar-refractivity contribution in [1.82, 2.24) is 9.80 Å². The van der Waals surface area contributed by atoms with Gasteiger partial charge in [-0.25, -0.2) is 0 Å². The van der Waals surface area contributed by atoms with Gasteiger partial charge in [-0.2, -0.15) is 0 Å². The van der Waals surface area contributed by atoms with Crippen LogP contribution in [0.1, 0.15) is 12.8 Å². The van der Waals surface area contributed by atoms with E-state index in [1.165, 1.54) is 4.90 Å². The summed E-state index contributed by atoms with van der Waals surface area (Å²) in [5, 5.41) is 0. The fourth-order valence-electron chi connectivity index (χ4n) is 2.16. The van der Waals surface area contributed by atoms with Gasteiger partial charge in [-0.1, -0.05) is 0 Å². The third-order valence-corrected chi connectivity index (χ3v) is 2.80. The smallest absolute Gasteiger partial charge is 0.448 e. The highest BCUT2D eigenvalue weighted by molar-refractivity contribution is 6.58. The molecule has 1 fully saturated rings. The standard InChI is InChI=1S/C9H19BF3N2/c1-14(2)7-9-3-5-15(6-4-9)8-10(11,12)13/h9H,3-8H2,1-2H3/q-1. The molecule has 0 radical (unpaired) electrons. The van der Waals surface area contributed by atoms with Crippen molar-refractivity contribution in [2.75, 3.05) is 40.2 Å². The van der Waals surface area contributed by atoms with Crippen LogP contribution in [0.5, 0.6) is 0 Å². The fraction of sp³-hybridized carbons (Fsp3) is 1.00. The van der Waals surface area contributed by atoms with Crippen LogP contribution >= 0.6 is 0 Å². The third kappa shape index (κ3) is 5.42. The summed E-state index contributed by atoms with van der Waals surface area (Å²) in [6, 6.07) is 0. The molecule has 0 aromatic rings. The second-order valence-corrected chi connectivity index (χ2v) is 4.72. The molecule has 6 heteroatoms. The first-order valence-electron chi connectivity index (χ1n) is 5.45. The minimum Gasteiger partial charge on any atom is -0.448 e. The van der Waals surface area contributed by atoms with Crippen LogP contribution < -0.4 is 0 Å². The van der Waals surface area contributed by atoms with Crippen LogP contribution in [0.4, 0.5) is 12.9 Å². The molecule has 2 nitrogen and oxygen atoms in total. The van der Waals surface area contributed by atoms with E-state index in [4.69, 9.17) is 0 Å². The van der Waals surface area contributed by atoms with Crippen molar-refractivity contribution < 1.29 is 12.9 Å². The van der Waals surface area contributed by atoms with E-state index in [0.717, 1.165) is 19.4 Å². The average Bonchev–Trinajstić information content (AvgIpc) is 2.05. The highest BCUT2D eigenvalue weighted by atomic mass is 19.4. The molecule has 0 atom stereocenters. The Hall–Kier alpha value is -0.225. The summed E-state index contributed by atoms with van der Waals surface area (Å²) >= 11 is 0. The van der Waals surface area contributed by atoms with Gasteiger partial charge < -0.3 is 22.7 Å². The summed E-state index contributed by atoms with van der Waals surface area (Å²) in [5.41, 5.74) is 0. The molecule has 90 valence electrons. The Labute approximate surface area is 89.5 Å². The Morgan fingerprint density at radius 2 is 1.73 bits per heavy atom. The van der Waals surface area contributed by atoms with Crippen LogP contribution in [0.25, 0.3) is 0 Å². The van der Waals surface area contributed by atoms with Gasteiger partial charge in [0, 0.05) is 6.54 Å². The van der Waals surface area contributed by atoms with E-state index in [2.05, 4.69) is 4.90 Å². The Balaban J connectivity index is 2.24. The zero-order chi connectivity index (χ0) is 11.5. The second kappa shape index (κ2) is 5.21. The van der Waals surface area contributed by atoms with Crippen LogP contribution in [0.2, 0.25) is 0 Å². The highest BCUT2D eigenvalue weighted by Crippen LogP contribution is 2.20. The van der Waals surface area contributed by atoms with Gasteiger partial charge in [-0.15, -0.1) is 0 Å². The molecule has 0 amide bonds. The SMILES string of the molecule is CN(C)CC1CCN(C[B-](F)(F)F)CC1. The highest BCUT2D eigenvalue weighted by Gasteiger charge is 2.28. The van der Waals surface area contributed by atoms with Crippen LogP contribution in [0, 0.1) is 5.92 Å².